The van der Waals surface area contributed by atoms with Crippen LogP contribution in [0.15, 0.2) is 161 Å². The van der Waals surface area contributed by atoms with Crippen LogP contribution in [0, 0.1) is 5.92 Å². The molecule has 4 aromatic carbocycles. The van der Waals surface area contributed by atoms with E-state index in [1.54, 1.807) is 78.0 Å². The Hall–Kier alpha value is -8.69. The van der Waals surface area contributed by atoms with Crippen molar-refractivity contribution in [1.82, 2.24) is 50.8 Å². The normalized spacial score (nSPS) is 19.1. The van der Waals surface area contributed by atoms with Crippen LogP contribution in [-0.2, 0) is 43.2 Å². The standard InChI is InChI=1S/C39H45F3N6O6.C27H29F3N4O4/c1-38(2,34-19-30(46-54-34)26-10-4-3-5-11-26)48-16-15-47(31(22-48)37(52)44-24-39(40,41)42)21-28(49)18-27(17-25-9-8-14-43-20-25)36(51)45-35-29-12-6-7-13-33(29)53-23-32(35)50;1-26(2,23-15-21(32-38-23)20-11-7-4-8-12-20)33-13-14-34(22(16-33)24(35)31-18-27(28,29)30)25(36)37-17-19-9-5-3-6-10-19/h3-14,19-20,27-28,31-32,35,49-50H,15-18,21-24H2,1-2H3,(H,44,52)(H,45,51);3-12,15,22H,13-14,16-18H2,1-2H3,(H,31,35)/t27-,28+,31+,32-,35+;22-/m10/s1. The van der Waals surface area contributed by atoms with Crippen LogP contribution >= 0.6 is 0 Å². The number of nitrogens with zero attached hydrogens (tertiary/aromatic N) is 7. The summed E-state index contributed by atoms with van der Waals surface area (Å²) in [6, 6.07) is 39.2. The summed E-state index contributed by atoms with van der Waals surface area (Å²) in [6.07, 6.45) is -8.71. The summed E-state index contributed by atoms with van der Waals surface area (Å²) in [5.41, 5.74) is 3.54. The van der Waals surface area contributed by atoms with Gasteiger partial charge in [0.25, 0.3) is 0 Å². The maximum Gasteiger partial charge on any atom is 0.410 e. The zero-order chi connectivity index (χ0) is 65.8. The van der Waals surface area contributed by atoms with Crippen LogP contribution in [0.25, 0.3) is 22.5 Å². The molecule has 0 spiro atoms. The van der Waals surface area contributed by atoms with E-state index < -0.39 is 96.6 Å². The number of aliphatic hydroxyl groups excluding tert-OH is 2. The third kappa shape index (κ3) is 17.7. The number of rotatable bonds is 20. The van der Waals surface area contributed by atoms with Crippen molar-refractivity contribution >= 4 is 23.8 Å². The second-order valence-corrected chi connectivity index (χ2v) is 23.9. The van der Waals surface area contributed by atoms with Crippen molar-refractivity contribution in [3.8, 4) is 28.3 Å². The fourth-order valence-electron chi connectivity index (χ4n) is 11.4. The number of ether oxygens (including phenoxy) is 2. The molecule has 0 saturated carbocycles. The Morgan fingerprint density at radius 3 is 1.75 bits per heavy atom. The van der Waals surface area contributed by atoms with E-state index in [2.05, 4.69) is 20.6 Å². The molecule has 10 rings (SSSR count). The highest BCUT2D eigenvalue weighted by Gasteiger charge is 2.46. The van der Waals surface area contributed by atoms with Gasteiger partial charge in [0, 0.05) is 92.9 Å². The fraction of sp³-hybridized carbons (Fsp3) is 0.409. The maximum atomic E-state index is 13.9. The molecule has 0 bridgehead atoms. The van der Waals surface area contributed by atoms with Crippen molar-refractivity contribution in [3.63, 3.8) is 0 Å². The highest BCUT2D eigenvalue weighted by Crippen LogP contribution is 2.37. The van der Waals surface area contributed by atoms with Gasteiger partial charge >= 0.3 is 18.4 Å². The van der Waals surface area contributed by atoms with Crippen molar-refractivity contribution in [2.24, 2.45) is 5.92 Å². The summed E-state index contributed by atoms with van der Waals surface area (Å²) in [5, 5.41) is 37.6. The lowest BCUT2D eigenvalue weighted by molar-refractivity contribution is -0.144. The summed E-state index contributed by atoms with van der Waals surface area (Å²) in [7, 11) is 0. The second kappa shape index (κ2) is 29.7. The molecule has 7 aromatic rings. The predicted molar refractivity (Wildman–Crippen MR) is 325 cm³/mol. The molecule has 3 aliphatic heterocycles. The number of aromatic nitrogens is 3. The zero-order valence-electron chi connectivity index (χ0n) is 51.1. The smallest absolute Gasteiger partial charge is 0.410 e. The number of piperazine rings is 2. The molecule has 20 nitrogen and oxygen atoms in total. The molecule has 2 saturated heterocycles. The minimum atomic E-state index is -4.62. The van der Waals surface area contributed by atoms with Gasteiger partial charge in [-0.25, -0.2) is 4.79 Å². The van der Waals surface area contributed by atoms with Crippen LogP contribution in [0.1, 0.15) is 68.4 Å². The number of hydrogen-bond donors (Lipinski definition) is 5. The van der Waals surface area contributed by atoms with E-state index in [9.17, 15) is 55.7 Å². The third-order valence-corrected chi connectivity index (χ3v) is 16.7. The van der Waals surface area contributed by atoms with Crippen molar-refractivity contribution in [1.29, 1.82) is 0 Å². The fourth-order valence-corrected chi connectivity index (χ4v) is 11.4. The molecule has 0 radical (unpaired) electrons. The molecule has 5 N–H and O–H groups in total. The van der Waals surface area contributed by atoms with E-state index in [-0.39, 0.29) is 58.8 Å². The molecule has 0 aliphatic carbocycles. The average molecular weight is 1280 g/mol. The average Bonchev–Trinajstić information content (AvgIpc) is 1.37. The number of aliphatic hydroxyl groups is 2. The van der Waals surface area contributed by atoms with E-state index >= 15 is 0 Å². The molecule has 490 valence electrons. The third-order valence-electron chi connectivity index (χ3n) is 16.7. The Bertz CT molecular complexity index is 3550. The molecule has 6 heterocycles. The molecule has 0 unspecified atom stereocenters. The number of nitrogens with one attached hydrogen (secondary N) is 3. The van der Waals surface area contributed by atoms with Crippen molar-refractivity contribution < 1.29 is 74.3 Å². The first-order valence-electron chi connectivity index (χ1n) is 30.1. The van der Waals surface area contributed by atoms with Crippen molar-refractivity contribution in [2.45, 2.75) is 101 Å². The Morgan fingerprint density at radius 2 is 1.18 bits per heavy atom. The molecular weight excluding hydrogens is 1210 g/mol. The quantitative estimate of drug-likeness (QED) is 0.0450. The molecule has 3 aromatic heterocycles. The number of pyridine rings is 1. The number of para-hydroxylation sites is 1. The van der Waals surface area contributed by atoms with Gasteiger partial charge in [0.05, 0.1) is 23.2 Å². The van der Waals surface area contributed by atoms with Gasteiger partial charge in [0.1, 0.15) is 61.6 Å². The minimum Gasteiger partial charge on any atom is -0.490 e. The zero-order valence-corrected chi connectivity index (χ0v) is 51.1. The number of amides is 4. The minimum absolute atomic E-state index is 0.0109. The van der Waals surface area contributed by atoms with Crippen LogP contribution in [0.5, 0.6) is 5.75 Å². The summed E-state index contributed by atoms with van der Waals surface area (Å²) >= 11 is 0. The predicted octanol–water partition coefficient (Wildman–Crippen LogP) is 8.44. The van der Waals surface area contributed by atoms with Crippen LogP contribution in [-0.4, -0.2) is 171 Å². The lowest BCUT2D eigenvalue weighted by Crippen LogP contribution is -2.63. The molecule has 6 atom stereocenters. The molecule has 3 aliphatic rings. The van der Waals surface area contributed by atoms with E-state index in [0.29, 0.717) is 47.3 Å². The van der Waals surface area contributed by atoms with Gasteiger partial charge in [0.2, 0.25) is 17.7 Å². The number of fused-ring (bicyclic) bond motifs is 1. The second-order valence-electron chi connectivity index (χ2n) is 23.9. The van der Waals surface area contributed by atoms with Crippen LogP contribution < -0.4 is 20.7 Å². The van der Waals surface area contributed by atoms with E-state index in [1.807, 2.05) is 127 Å². The Morgan fingerprint density at radius 1 is 0.663 bits per heavy atom. The maximum absolute atomic E-state index is 13.9. The van der Waals surface area contributed by atoms with Crippen molar-refractivity contribution in [3.05, 3.63) is 180 Å². The monoisotopic (exact) mass is 1280 g/mol. The number of benzene rings is 4. The van der Waals surface area contributed by atoms with Crippen LogP contribution in [0.3, 0.4) is 0 Å². The lowest BCUT2D eigenvalue weighted by atomic mass is 9.91. The van der Waals surface area contributed by atoms with Crippen molar-refractivity contribution in [2.75, 3.05) is 65.5 Å². The van der Waals surface area contributed by atoms with Crippen LogP contribution in [0.4, 0.5) is 31.1 Å². The SMILES string of the molecule is CC(C)(c1cc(-c2ccccc2)no1)N1CCN(C(=O)OCc2ccccc2)[C@H](C(=O)NCC(F)(F)F)C1.CC(C)(c1cc(-c2ccccc2)no1)N1CCN(C[C@@H](O)C[C@@H](Cc2cccnc2)C(=O)N[C@H]2c3ccccc3OC[C@H]2O)[C@H](C(=O)NCC(F)(F)F)C1. The number of carbonyl (C=O) groups excluding carboxylic acids is 4. The van der Waals surface area contributed by atoms with Gasteiger partial charge < -0.3 is 44.7 Å². The first kappa shape index (κ1) is 67.7. The molecule has 92 heavy (non-hydrogen) atoms. The van der Waals surface area contributed by atoms with E-state index in [1.165, 1.54) is 4.90 Å². The molecule has 2 fully saturated rings. The van der Waals surface area contributed by atoms with Gasteiger partial charge in [-0.3, -0.25) is 39.0 Å². The van der Waals surface area contributed by atoms with Gasteiger partial charge in [-0.1, -0.05) is 126 Å². The molecule has 26 heteroatoms. The summed E-state index contributed by atoms with van der Waals surface area (Å²) in [6.45, 7) is 5.44. The number of hydrogen-bond acceptors (Lipinski definition) is 16. The highest BCUT2D eigenvalue weighted by molar-refractivity contribution is 5.86. The number of β-amino-alcohol motifs (C(OH)–C–C–N with tert-alkyl or cyclic N) is 1. The topological polar surface area (TPSA) is 241 Å². The summed E-state index contributed by atoms with van der Waals surface area (Å²) < 4.78 is 101. The first-order chi connectivity index (χ1) is 43.8. The largest absolute Gasteiger partial charge is 0.490 e. The number of halogens is 6. The Kier molecular flexibility index (Phi) is 21.9. The molecular formula is C66H74F6N10O10. The molecule has 4 amide bonds. The van der Waals surface area contributed by atoms with Gasteiger partial charge in [0.15, 0.2) is 11.5 Å². The lowest BCUT2D eigenvalue weighted by Gasteiger charge is -2.46. The van der Waals surface area contributed by atoms with Gasteiger partial charge in [-0.05, 0) is 63.8 Å². The Labute approximate surface area is 527 Å². The number of alkyl halides is 6. The first-order valence-corrected chi connectivity index (χ1v) is 30.1. The van der Waals surface area contributed by atoms with E-state index in [0.717, 1.165) is 22.3 Å². The summed E-state index contributed by atoms with van der Waals surface area (Å²) in [4.78, 5) is 64.1. The highest BCUT2D eigenvalue weighted by atomic mass is 19.4. The van der Waals surface area contributed by atoms with Gasteiger partial charge in [-0.2, -0.15) is 26.3 Å². The number of carbonyl (C=O) groups is 4. The Balaban J connectivity index is 0.000000231. The summed E-state index contributed by atoms with van der Waals surface area (Å²) in [5.74, 6) is -1.35. The van der Waals surface area contributed by atoms with Gasteiger partial charge in [-0.15, -0.1) is 0 Å². The van der Waals surface area contributed by atoms with Crippen LogP contribution in [0.2, 0.25) is 0 Å². The van der Waals surface area contributed by atoms with E-state index in [4.69, 9.17) is 18.5 Å².